The van der Waals surface area contributed by atoms with Crippen molar-refractivity contribution in [2.45, 2.75) is 20.4 Å². The Labute approximate surface area is 111 Å². The van der Waals surface area contributed by atoms with E-state index in [4.69, 9.17) is 10.2 Å². The molecule has 0 saturated carbocycles. The molecule has 0 saturated heterocycles. The Morgan fingerprint density at radius 2 is 2.05 bits per heavy atom. The molecule has 0 fully saturated rings. The number of carbonyl (C=O) groups is 1. The minimum absolute atomic E-state index is 0.207. The molecule has 1 amide bonds. The van der Waals surface area contributed by atoms with Crippen LogP contribution in [0.15, 0.2) is 28.7 Å². The monoisotopic (exact) mass is 260 g/mol. The van der Waals surface area contributed by atoms with Gasteiger partial charge in [-0.3, -0.25) is 4.79 Å². The van der Waals surface area contributed by atoms with Gasteiger partial charge in [-0.15, -0.1) is 0 Å². The van der Waals surface area contributed by atoms with Gasteiger partial charge >= 0.3 is 0 Å². The highest BCUT2D eigenvalue weighted by Crippen LogP contribution is 2.25. The van der Waals surface area contributed by atoms with E-state index < -0.39 is 0 Å². The summed E-state index contributed by atoms with van der Waals surface area (Å²) < 4.78 is 5.27. The van der Waals surface area contributed by atoms with Gasteiger partial charge in [-0.1, -0.05) is 0 Å². The standard InChI is InChI=1S/C14H16N2O3/c1-8-6-12(17)9(2)5-11(8)16-14(18)13-4-3-10(7-15)19-13/h3-6,17H,7,15H2,1-2H3,(H,16,18). The third-order valence-electron chi connectivity index (χ3n) is 2.88. The summed E-state index contributed by atoms with van der Waals surface area (Å²) in [6, 6.07) is 6.58. The van der Waals surface area contributed by atoms with Crippen molar-refractivity contribution in [2.24, 2.45) is 5.73 Å². The summed E-state index contributed by atoms with van der Waals surface area (Å²) in [6.45, 7) is 3.83. The average molecular weight is 260 g/mol. The number of amides is 1. The molecule has 5 nitrogen and oxygen atoms in total. The Morgan fingerprint density at radius 3 is 2.68 bits per heavy atom. The van der Waals surface area contributed by atoms with Crippen molar-refractivity contribution in [1.82, 2.24) is 0 Å². The summed E-state index contributed by atoms with van der Waals surface area (Å²) in [5.74, 6) is 0.640. The highest BCUT2D eigenvalue weighted by Gasteiger charge is 2.13. The van der Waals surface area contributed by atoms with E-state index in [1.807, 2.05) is 6.92 Å². The number of phenolic OH excluding ortho intramolecular Hbond substituents is 1. The van der Waals surface area contributed by atoms with E-state index in [1.54, 1.807) is 31.2 Å². The van der Waals surface area contributed by atoms with Crippen molar-refractivity contribution >= 4 is 11.6 Å². The number of carbonyl (C=O) groups excluding carboxylic acids is 1. The van der Waals surface area contributed by atoms with Gasteiger partial charge in [0.05, 0.1) is 6.54 Å². The van der Waals surface area contributed by atoms with E-state index in [2.05, 4.69) is 5.32 Å². The molecule has 2 aromatic rings. The molecule has 100 valence electrons. The summed E-state index contributed by atoms with van der Waals surface area (Å²) >= 11 is 0. The number of aryl methyl sites for hydroxylation is 2. The van der Waals surface area contributed by atoms with Gasteiger partial charge in [0.15, 0.2) is 5.76 Å². The minimum atomic E-state index is -0.340. The lowest BCUT2D eigenvalue weighted by Gasteiger charge is -2.09. The van der Waals surface area contributed by atoms with Crippen LogP contribution in [0.5, 0.6) is 5.75 Å². The Kier molecular flexibility index (Phi) is 3.57. The topological polar surface area (TPSA) is 88.5 Å². The number of phenols is 1. The van der Waals surface area contributed by atoms with Gasteiger partial charge in [-0.25, -0.2) is 0 Å². The molecule has 0 unspecified atom stereocenters. The second-order valence-electron chi connectivity index (χ2n) is 4.38. The smallest absolute Gasteiger partial charge is 0.291 e. The normalized spacial score (nSPS) is 10.5. The maximum atomic E-state index is 12.0. The van der Waals surface area contributed by atoms with E-state index in [0.29, 0.717) is 17.0 Å². The van der Waals surface area contributed by atoms with Gasteiger partial charge in [0.25, 0.3) is 5.91 Å². The van der Waals surface area contributed by atoms with Crippen LogP contribution in [-0.2, 0) is 6.54 Å². The fourth-order valence-electron chi connectivity index (χ4n) is 1.73. The highest BCUT2D eigenvalue weighted by atomic mass is 16.4. The zero-order valence-corrected chi connectivity index (χ0v) is 10.9. The fourth-order valence-corrected chi connectivity index (χ4v) is 1.73. The van der Waals surface area contributed by atoms with Gasteiger partial charge in [0, 0.05) is 5.69 Å². The molecule has 0 radical (unpaired) electrons. The van der Waals surface area contributed by atoms with Crippen LogP contribution in [-0.4, -0.2) is 11.0 Å². The Balaban J connectivity index is 2.21. The molecule has 5 heteroatoms. The molecule has 1 aromatic carbocycles. The second-order valence-corrected chi connectivity index (χ2v) is 4.38. The molecule has 0 bridgehead atoms. The Morgan fingerprint density at radius 1 is 1.32 bits per heavy atom. The maximum Gasteiger partial charge on any atom is 0.291 e. The predicted molar refractivity (Wildman–Crippen MR) is 72.1 cm³/mol. The zero-order chi connectivity index (χ0) is 14.0. The van der Waals surface area contributed by atoms with Crippen LogP contribution < -0.4 is 11.1 Å². The van der Waals surface area contributed by atoms with Gasteiger partial charge in [0.2, 0.25) is 0 Å². The molecular formula is C14H16N2O3. The summed E-state index contributed by atoms with van der Waals surface area (Å²) in [4.78, 5) is 12.0. The van der Waals surface area contributed by atoms with Crippen molar-refractivity contribution in [1.29, 1.82) is 0 Å². The van der Waals surface area contributed by atoms with Crippen LogP contribution in [0.25, 0.3) is 0 Å². The van der Waals surface area contributed by atoms with Crippen molar-refractivity contribution < 1.29 is 14.3 Å². The first kappa shape index (κ1) is 13.2. The number of nitrogens with two attached hydrogens (primary N) is 1. The van der Waals surface area contributed by atoms with Crippen LogP contribution in [0.1, 0.15) is 27.4 Å². The van der Waals surface area contributed by atoms with E-state index in [-0.39, 0.29) is 24.0 Å². The number of rotatable bonds is 3. The summed E-state index contributed by atoms with van der Waals surface area (Å²) in [5.41, 5.74) is 7.54. The van der Waals surface area contributed by atoms with Gasteiger partial charge in [-0.2, -0.15) is 0 Å². The number of furan rings is 1. The molecule has 0 aliphatic rings. The lowest BCUT2D eigenvalue weighted by molar-refractivity contribution is 0.0995. The summed E-state index contributed by atoms with van der Waals surface area (Å²) in [6.07, 6.45) is 0. The molecule has 0 aliphatic heterocycles. The van der Waals surface area contributed by atoms with Gasteiger partial charge in [0.1, 0.15) is 11.5 Å². The van der Waals surface area contributed by atoms with E-state index in [1.165, 1.54) is 0 Å². The first-order chi connectivity index (χ1) is 9.01. The van der Waals surface area contributed by atoms with Crippen LogP contribution in [0.3, 0.4) is 0 Å². The molecule has 0 aliphatic carbocycles. The van der Waals surface area contributed by atoms with Crippen LogP contribution in [0.4, 0.5) is 5.69 Å². The van der Waals surface area contributed by atoms with Gasteiger partial charge < -0.3 is 20.6 Å². The van der Waals surface area contributed by atoms with Crippen molar-refractivity contribution in [3.63, 3.8) is 0 Å². The summed E-state index contributed by atoms with van der Waals surface area (Å²) in [7, 11) is 0. The lowest BCUT2D eigenvalue weighted by atomic mass is 10.1. The lowest BCUT2D eigenvalue weighted by Crippen LogP contribution is -2.12. The molecule has 0 spiro atoms. The second kappa shape index (κ2) is 5.16. The van der Waals surface area contributed by atoms with Gasteiger partial charge in [-0.05, 0) is 49.2 Å². The minimum Gasteiger partial charge on any atom is -0.508 e. The third-order valence-corrected chi connectivity index (χ3v) is 2.88. The molecule has 19 heavy (non-hydrogen) atoms. The largest absolute Gasteiger partial charge is 0.508 e. The number of hydrogen-bond acceptors (Lipinski definition) is 4. The molecule has 1 heterocycles. The Hall–Kier alpha value is -2.27. The number of aromatic hydroxyl groups is 1. The van der Waals surface area contributed by atoms with Crippen LogP contribution in [0.2, 0.25) is 0 Å². The molecule has 1 aromatic heterocycles. The van der Waals surface area contributed by atoms with Crippen LogP contribution >= 0.6 is 0 Å². The van der Waals surface area contributed by atoms with E-state index in [9.17, 15) is 9.90 Å². The maximum absolute atomic E-state index is 12.0. The SMILES string of the molecule is Cc1cc(NC(=O)c2ccc(CN)o2)c(C)cc1O. The predicted octanol–water partition coefficient (Wildman–Crippen LogP) is 2.31. The summed E-state index contributed by atoms with van der Waals surface area (Å²) in [5, 5.41) is 12.3. The average Bonchev–Trinajstić information content (AvgIpc) is 2.84. The van der Waals surface area contributed by atoms with E-state index >= 15 is 0 Å². The number of nitrogens with one attached hydrogen (secondary N) is 1. The van der Waals surface area contributed by atoms with Crippen LogP contribution in [0, 0.1) is 13.8 Å². The number of hydrogen-bond donors (Lipinski definition) is 3. The van der Waals surface area contributed by atoms with E-state index in [0.717, 1.165) is 5.56 Å². The first-order valence-electron chi connectivity index (χ1n) is 5.91. The van der Waals surface area contributed by atoms with Crippen molar-refractivity contribution in [3.05, 3.63) is 46.9 Å². The highest BCUT2D eigenvalue weighted by molar-refractivity contribution is 6.02. The molecular weight excluding hydrogens is 244 g/mol. The van der Waals surface area contributed by atoms with Crippen molar-refractivity contribution in [3.8, 4) is 5.75 Å². The quantitative estimate of drug-likeness (QED) is 0.739. The molecule has 0 atom stereocenters. The fraction of sp³-hybridized carbons (Fsp3) is 0.214. The number of anilines is 1. The molecule has 2 rings (SSSR count). The molecule has 4 N–H and O–H groups in total. The third kappa shape index (κ3) is 2.77. The first-order valence-corrected chi connectivity index (χ1v) is 5.91. The van der Waals surface area contributed by atoms with Crippen molar-refractivity contribution in [2.75, 3.05) is 5.32 Å². The zero-order valence-electron chi connectivity index (χ0n) is 10.9. The number of benzene rings is 1. The Bertz CT molecular complexity index is 617.